The van der Waals surface area contributed by atoms with Crippen molar-refractivity contribution >= 4 is 12.0 Å². The van der Waals surface area contributed by atoms with Crippen molar-refractivity contribution in [3.05, 3.63) is 24.5 Å². The third kappa shape index (κ3) is 2.33. The number of rotatable bonds is 2. The maximum Gasteiger partial charge on any atom is 0.329 e. The van der Waals surface area contributed by atoms with E-state index in [1.807, 2.05) is 0 Å². The number of carboxylic acids is 1. The van der Waals surface area contributed by atoms with E-state index in [4.69, 9.17) is 0 Å². The molecule has 0 saturated heterocycles. The molecule has 1 saturated carbocycles. The fourth-order valence-electron chi connectivity index (χ4n) is 2.29. The van der Waals surface area contributed by atoms with Gasteiger partial charge in [0.2, 0.25) is 0 Å². The van der Waals surface area contributed by atoms with Crippen molar-refractivity contribution in [2.24, 2.45) is 0 Å². The maximum absolute atomic E-state index is 11.9. The lowest BCUT2D eigenvalue weighted by Gasteiger charge is -2.33. The molecule has 0 aliphatic heterocycles. The molecule has 1 aromatic heterocycles. The zero-order valence-electron chi connectivity index (χ0n) is 9.56. The summed E-state index contributed by atoms with van der Waals surface area (Å²) in [6.45, 7) is 0. The van der Waals surface area contributed by atoms with Gasteiger partial charge in [-0.1, -0.05) is 19.3 Å². The fourth-order valence-corrected chi connectivity index (χ4v) is 2.29. The molecule has 1 aromatic rings. The summed E-state index contributed by atoms with van der Waals surface area (Å²) in [5.74, 6) is -0.933. The molecular formula is C12H16N2O3. The number of hydrogen-bond acceptors (Lipinski definition) is 2. The highest BCUT2D eigenvalue weighted by atomic mass is 16.4. The molecule has 1 fully saturated rings. The Morgan fingerprint density at radius 3 is 2.24 bits per heavy atom. The quantitative estimate of drug-likeness (QED) is 0.823. The standard InChI is InChI=1S/C12H16N2O3/c15-10(16)12(6-2-1-3-7-12)13-11(17)14-8-4-5-9-14/h4-5,8-9H,1-3,6-7H2,(H,13,17)(H,15,16). The van der Waals surface area contributed by atoms with Gasteiger partial charge in [-0.15, -0.1) is 0 Å². The highest BCUT2D eigenvalue weighted by Crippen LogP contribution is 2.28. The second-order valence-corrected chi connectivity index (χ2v) is 4.47. The first-order chi connectivity index (χ1) is 8.14. The van der Waals surface area contributed by atoms with Crippen LogP contribution < -0.4 is 5.32 Å². The summed E-state index contributed by atoms with van der Waals surface area (Å²) in [5, 5.41) is 12.0. The van der Waals surface area contributed by atoms with Gasteiger partial charge in [0.15, 0.2) is 0 Å². The van der Waals surface area contributed by atoms with Crippen molar-refractivity contribution in [3.63, 3.8) is 0 Å². The summed E-state index contributed by atoms with van der Waals surface area (Å²) >= 11 is 0. The molecule has 2 N–H and O–H groups in total. The van der Waals surface area contributed by atoms with Crippen LogP contribution in [0.3, 0.4) is 0 Å². The van der Waals surface area contributed by atoms with Gasteiger partial charge in [-0.3, -0.25) is 4.57 Å². The van der Waals surface area contributed by atoms with Crippen molar-refractivity contribution in [3.8, 4) is 0 Å². The Kier molecular flexibility index (Phi) is 3.17. The predicted octanol–water partition coefficient (Wildman–Crippen LogP) is 1.83. The lowest BCUT2D eigenvalue weighted by atomic mass is 9.82. The Labute approximate surface area is 99.4 Å². The molecule has 0 bridgehead atoms. The van der Waals surface area contributed by atoms with Gasteiger partial charge >= 0.3 is 12.0 Å². The van der Waals surface area contributed by atoms with E-state index in [-0.39, 0.29) is 6.03 Å². The van der Waals surface area contributed by atoms with Crippen LogP contribution in [0, 0.1) is 0 Å². The molecule has 92 valence electrons. The smallest absolute Gasteiger partial charge is 0.329 e. The summed E-state index contributed by atoms with van der Waals surface area (Å²) in [6.07, 6.45) is 6.96. The number of carbonyl (C=O) groups is 2. The number of aromatic nitrogens is 1. The first-order valence-electron chi connectivity index (χ1n) is 5.83. The predicted molar refractivity (Wildman–Crippen MR) is 61.8 cm³/mol. The average molecular weight is 236 g/mol. The molecule has 0 radical (unpaired) electrons. The lowest BCUT2D eigenvalue weighted by molar-refractivity contribution is -0.145. The number of hydrogen-bond donors (Lipinski definition) is 2. The first-order valence-corrected chi connectivity index (χ1v) is 5.83. The van der Waals surface area contributed by atoms with Crippen LogP contribution in [0.1, 0.15) is 32.1 Å². The topological polar surface area (TPSA) is 71.3 Å². The molecule has 1 aliphatic carbocycles. The van der Waals surface area contributed by atoms with Crippen molar-refractivity contribution < 1.29 is 14.7 Å². The Bertz CT molecular complexity index is 405. The van der Waals surface area contributed by atoms with Gasteiger partial charge in [0.1, 0.15) is 5.54 Å². The van der Waals surface area contributed by atoms with E-state index in [1.165, 1.54) is 4.57 Å². The van der Waals surface area contributed by atoms with E-state index in [1.54, 1.807) is 24.5 Å². The first kappa shape index (κ1) is 11.7. The van der Waals surface area contributed by atoms with Crippen LogP contribution in [0.25, 0.3) is 0 Å². The van der Waals surface area contributed by atoms with Crippen molar-refractivity contribution in [2.75, 3.05) is 0 Å². The normalized spacial score (nSPS) is 18.6. The van der Waals surface area contributed by atoms with Gasteiger partial charge in [-0.05, 0) is 25.0 Å². The number of nitrogens with one attached hydrogen (secondary N) is 1. The van der Waals surface area contributed by atoms with E-state index >= 15 is 0 Å². The molecule has 2 rings (SSSR count). The van der Waals surface area contributed by atoms with E-state index < -0.39 is 11.5 Å². The van der Waals surface area contributed by atoms with Crippen LogP contribution in [0.5, 0.6) is 0 Å². The third-order valence-electron chi connectivity index (χ3n) is 3.30. The van der Waals surface area contributed by atoms with Crippen molar-refractivity contribution in [2.45, 2.75) is 37.6 Å². The third-order valence-corrected chi connectivity index (χ3v) is 3.30. The van der Waals surface area contributed by atoms with Gasteiger partial charge in [0.05, 0.1) is 0 Å². The fraction of sp³-hybridized carbons (Fsp3) is 0.500. The van der Waals surface area contributed by atoms with Crippen molar-refractivity contribution in [1.82, 2.24) is 9.88 Å². The van der Waals surface area contributed by atoms with E-state index in [0.29, 0.717) is 12.8 Å². The molecular weight excluding hydrogens is 220 g/mol. The van der Waals surface area contributed by atoms with Gasteiger partial charge in [-0.25, -0.2) is 9.59 Å². The molecule has 5 nitrogen and oxygen atoms in total. The maximum atomic E-state index is 11.9. The number of nitrogens with zero attached hydrogens (tertiary/aromatic N) is 1. The Morgan fingerprint density at radius 2 is 1.71 bits per heavy atom. The van der Waals surface area contributed by atoms with Crippen LogP contribution in [0.4, 0.5) is 4.79 Å². The number of carbonyl (C=O) groups excluding carboxylic acids is 1. The Balaban J connectivity index is 2.13. The van der Waals surface area contributed by atoms with E-state index in [9.17, 15) is 14.7 Å². The minimum absolute atomic E-state index is 0.376. The largest absolute Gasteiger partial charge is 0.480 e. The second kappa shape index (κ2) is 4.61. The molecule has 1 aliphatic rings. The molecule has 0 spiro atoms. The van der Waals surface area contributed by atoms with Crippen LogP contribution in [-0.4, -0.2) is 27.2 Å². The van der Waals surface area contributed by atoms with E-state index in [0.717, 1.165) is 19.3 Å². The summed E-state index contributed by atoms with van der Waals surface area (Å²) in [4.78, 5) is 23.2. The highest BCUT2D eigenvalue weighted by Gasteiger charge is 2.41. The number of carboxylic acid groups (broad SMARTS) is 1. The summed E-state index contributed by atoms with van der Waals surface area (Å²) in [6, 6.07) is 3.08. The van der Waals surface area contributed by atoms with E-state index in [2.05, 4.69) is 5.32 Å². The van der Waals surface area contributed by atoms with Gasteiger partial charge < -0.3 is 10.4 Å². The molecule has 1 heterocycles. The SMILES string of the molecule is O=C(NC1(C(=O)O)CCCCC1)n1cccc1. The molecule has 0 atom stereocenters. The summed E-state index contributed by atoms with van der Waals surface area (Å²) < 4.78 is 1.36. The van der Waals surface area contributed by atoms with Crippen molar-refractivity contribution in [1.29, 1.82) is 0 Å². The van der Waals surface area contributed by atoms with Gasteiger partial charge in [0.25, 0.3) is 0 Å². The highest BCUT2D eigenvalue weighted by molar-refractivity contribution is 5.87. The monoisotopic (exact) mass is 236 g/mol. The zero-order chi connectivity index (χ0) is 12.3. The van der Waals surface area contributed by atoms with Crippen LogP contribution >= 0.6 is 0 Å². The average Bonchev–Trinajstić information content (AvgIpc) is 2.83. The number of amides is 1. The lowest BCUT2D eigenvalue weighted by Crippen LogP contribution is -2.56. The molecule has 5 heteroatoms. The van der Waals surface area contributed by atoms with Gasteiger partial charge in [0, 0.05) is 12.4 Å². The summed E-state index contributed by atoms with van der Waals surface area (Å²) in [5.41, 5.74) is -1.08. The van der Waals surface area contributed by atoms with Crippen LogP contribution in [-0.2, 0) is 4.79 Å². The Hall–Kier alpha value is -1.78. The molecule has 1 amide bonds. The number of aliphatic carboxylic acids is 1. The zero-order valence-corrected chi connectivity index (χ0v) is 9.56. The summed E-state index contributed by atoms with van der Waals surface area (Å²) in [7, 11) is 0. The Morgan fingerprint density at radius 1 is 1.12 bits per heavy atom. The second-order valence-electron chi connectivity index (χ2n) is 4.47. The van der Waals surface area contributed by atoms with Crippen LogP contribution in [0.2, 0.25) is 0 Å². The molecule has 0 unspecified atom stereocenters. The minimum atomic E-state index is -1.08. The van der Waals surface area contributed by atoms with Crippen LogP contribution in [0.15, 0.2) is 24.5 Å². The molecule has 0 aromatic carbocycles. The minimum Gasteiger partial charge on any atom is -0.480 e. The van der Waals surface area contributed by atoms with Gasteiger partial charge in [-0.2, -0.15) is 0 Å². The molecule has 17 heavy (non-hydrogen) atoms.